The molecule has 0 saturated heterocycles. The largest absolute Gasteiger partial charge is 0.331 e. The molecule has 0 saturated carbocycles. The summed E-state index contributed by atoms with van der Waals surface area (Å²) in [6.07, 6.45) is 8.12. The fourth-order valence-electron chi connectivity index (χ4n) is 3.00. The molecule has 124 valence electrons. The Labute approximate surface area is 143 Å². The van der Waals surface area contributed by atoms with Gasteiger partial charge in [0.1, 0.15) is 10.8 Å². The Morgan fingerprint density at radius 3 is 2.96 bits per heavy atom. The van der Waals surface area contributed by atoms with Gasteiger partial charge in [-0.05, 0) is 6.42 Å². The summed E-state index contributed by atoms with van der Waals surface area (Å²) in [5.41, 5.74) is 0.812. The average Bonchev–Trinajstić information content (AvgIpc) is 3.20. The van der Waals surface area contributed by atoms with Gasteiger partial charge in [0.05, 0.1) is 31.7 Å². The highest BCUT2D eigenvalue weighted by atomic mass is 32.1. The highest BCUT2D eigenvalue weighted by molar-refractivity contribution is 7.09. The number of thiazole rings is 1. The van der Waals surface area contributed by atoms with E-state index in [1.807, 2.05) is 22.3 Å². The van der Waals surface area contributed by atoms with E-state index in [1.54, 1.807) is 34.5 Å². The quantitative estimate of drug-likeness (QED) is 0.716. The maximum atomic E-state index is 12.5. The lowest BCUT2D eigenvalue weighted by atomic mass is 10.3. The second-order valence-electron chi connectivity index (χ2n) is 5.88. The SMILES string of the molecule is O=c1cc(Cn2ccnc2)nc2n1CCCN(Cc1nccs1)C2. The Balaban J connectivity index is 1.59. The molecule has 1 aliphatic rings. The first-order chi connectivity index (χ1) is 11.8. The number of fused-ring (bicyclic) bond motifs is 1. The van der Waals surface area contributed by atoms with Crippen LogP contribution < -0.4 is 5.56 Å². The van der Waals surface area contributed by atoms with Crippen molar-refractivity contribution in [3.05, 3.63) is 63.2 Å². The summed E-state index contributed by atoms with van der Waals surface area (Å²) >= 11 is 1.66. The second-order valence-corrected chi connectivity index (χ2v) is 6.86. The van der Waals surface area contributed by atoms with Crippen molar-refractivity contribution in [1.82, 2.24) is 29.0 Å². The molecule has 3 aromatic heterocycles. The zero-order valence-electron chi connectivity index (χ0n) is 13.2. The van der Waals surface area contributed by atoms with Gasteiger partial charge in [-0.1, -0.05) is 0 Å². The molecule has 24 heavy (non-hydrogen) atoms. The highest BCUT2D eigenvalue weighted by Gasteiger charge is 2.18. The number of rotatable bonds is 4. The second kappa shape index (κ2) is 6.66. The molecule has 0 aliphatic carbocycles. The summed E-state index contributed by atoms with van der Waals surface area (Å²) in [4.78, 5) is 27.9. The zero-order valence-corrected chi connectivity index (χ0v) is 14.0. The molecule has 0 N–H and O–H groups in total. The van der Waals surface area contributed by atoms with Crippen LogP contribution in [0.4, 0.5) is 0 Å². The molecule has 4 rings (SSSR count). The highest BCUT2D eigenvalue weighted by Crippen LogP contribution is 2.14. The Bertz CT molecular complexity index is 855. The smallest absolute Gasteiger partial charge is 0.253 e. The molecule has 0 unspecified atom stereocenters. The summed E-state index contributed by atoms with van der Waals surface area (Å²) < 4.78 is 3.72. The van der Waals surface area contributed by atoms with Crippen molar-refractivity contribution in [1.29, 1.82) is 0 Å². The monoisotopic (exact) mass is 342 g/mol. The van der Waals surface area contributed by atoms with Crippen molar-refractivity contribution in [3.63, 3.8) is 0 Å². The Kier molecular flexibility index (Phi) is 4.22. The van der Waals surface area contributed by atoms with E-state index >= 15 is 0 Å². The van der Waals surface area contributed by atoms with Gasteiger partial charge in [0, 0.05) is 43.1 Å². The molecule has 0 radical (unpaired) electrons. The van der Waals surface area contributed by atoms with Crippen molar-refractivity contribution < 1.29 is 0 Å². The fraction of sp³-hybridized carbons (Fsp3) is 0.375. The van der Waals surface area contributed by atoms with E-state index in [1.165, 1.54) is 0 Å². The van der Waals surface area contributed by atoms with E-state index in [4.69, 9.17) is 4.98 Å². The lowest BCUT2D eigenvalue weighted by Crippen LogP contribution is -2.27. The molecule has 4 heterocycles. The van der Waals surface area contributed by atoms with Crippen LogP contribution in [0.5, 0.6) is 0 Å². The Morgan fingerprint density at radius 1 is 1.21 bits per heavy atom. The number of imidazole rings is 1. The molecular formula is C16H18N6OS. The van der Waals surface area contributed by atoms with E-state index < -0.39 is 0 Å². The van der Waals surface area contributed by atoms with Crippen LogP contribution in [0.15, 0.2) is 41.2 Å². The van der Waals surface area contributed by atoms with Crippen LogP contribution in [0.2, 0.25) is 0 Å². The van der Waals surface area contributed by atoms with E-state index in [-0.39, 0.29) is 5.56 Å². The number of hydrogen-bond acceptors (Lipinski definition) is 6. The number of nitrogens with zero attached hydrogens (tertiary/aromatic N) is 6. The Morgan fingerprint density at radius 2 is 2.17 bits per heavy atom. The van der Waals surface area contributed by atoms with Crippen LogP contribution in [-0.2, 0) is 26.2 Å². The molecule has 0 atom stereocenters. The Hall–Kier alpha value is -2.32. The third-order valence-electron chi connectivity index (χ3n) is 4.11. The van der Waals surface area contributed by atoms with E-state index in [9.17, 15) is 4.79 Å². The van der Waals surface area contributed by atoms with E-state index in [0.29, 0.717) is 13.1 Å². The predicted octanol–water partition coefficient (Wildman–Crippen LogP) is 1.35. The van der Waals surface area contributed by atoms with Crippen molar-refractivity contribution in [3.8, 4) is 0 Å². The van der Waals surface area contributed by atoms with E-state index in [0.717, 1.165) is 42.6 Å². The molecule has 0 aromatic carbocycles. The molecule has 8 heteroatoms. The van der Waals surface area contributed by atoms with Gasteiger partial charge in [-0.25, -0.2) is 15.0 Å². The van der Waals surface area contributed by atoms with Gasteiger partial charge < -0.3 is 4.57 Å². The molecule has 7 nitrogen and oxygen atoms in total. The summed E-state index contributed by atoms with van der Waals surface area (Å²) in [7, 11) is 0. The summed E-state index contributed by atoms with van der Waals surface area (Å²) in [5.74, 6) is 0.840. The van der Waals surface area contributed by atoms with E-state index in [2.05, 4.69) is 14.9 Å². The lowest BCUT2D eigenvalue weighted by molar-refractivity contribution is 0.257. The van der Waals surface area contributed by atoms with Crippen LogP contribution in [0, 0.1) is 0 Å². The molecule has 0 bridgehead atoms. The normalized spacial score (nSPS) is 15.2. The zero-order chi connectivity index (χ0) is 16.4. The van der Waals surface area contributed by atoms with Crippen LogP contribution in [-0.4, -0.2) is 35.5 Å². The molecule has 0 spiro atoms. The molecule has 0 amide bonds. The van der Waals surface area contributed by atoms with Gasteiger partial charge in [-0.2, -0.15) is 0 Å². The maximum absolute atomic E-state index is 12.5. The minimum absolute atomic E-state index is 0.0335. The van der Waals surface area contributed by atoms with Crippen LogP contribution in [0.25, 0.3) is 0 Å². The number of hydrogen-bond donors (Lipinski definition) is 0. The maximum Gasteiger partial charge on any atom is 0.253 e. The average molecular weight is 342 g/mol. The van der Waals surface area contributed by atoms with Crippen LogP contribution in [0.1, 0.15) is 22.9 Å². The molecule has 1 aliphatic heterocycles. The van der Waals surface area contributed by atoms with Crippen molar-refractivity contribution in [2.75, 3.05) is 6.54 Å². The van der Waals surface area contributed by atoms with Gasteiger partial charge in [-0.15, -0.1) is 11.3 Å². The van der Waals surface area contributed by atoms with Crippen molar-refractivity contribution in [2.24, 2.45) is 0 Å². The molecular weight excluding hydrogens is 324 g/mol. The standard InChI is InChI=1S/C16H18N6OS/c23-16-8-13(9-21-6-2-17-12-21)19-14-10-20(4-1-5-22(14)16)11-15-18-3-7-24-15/h2-3,6-8,12H,1,4-5,9-11H2. The van der Waals surface area contributed by atoms with Crippen molar-refractivity contribution >= 4 is 11.3 Å². The third kappa shape index (κ3) is 3.29. The van der Waals surface area contributed by atoms with Crippen LogP contribution >= 0.6 is 11.3 Å². The molecule has 0 fully saturated rings. The van der Waals surface area contributed by atoms with Crippen molar-refractivity contribution in [2.45, 2.75) is 32.6 Å². The summed E-state index contributed by atoms with van der Waals surface area (Å²) in [6.45, 7) is 3.71. The first kappa shape index (κ1) is 15.2. The van der Waals surface area contributed by atoms with Gasteiger partial charge >= 0.3 is 0 Å². The first-order valence-electron chi connectivity index (χ1n) is 7.94. The van der Waals surface area contributed by atoms with Gasteiger partial charge in [0.25, 0.3) is 5.56 Å². The van der Waals surface area contributed by atoms with Gasteiger partial charge in [0.15, 0.2) is 0 Å². The number of aromatic nitrogens is 5. The van der Waals surface area contributed by atoms with Crippen LogP contribution in [0.3, 0.4) is 0 Å². The minimum atomic E-state index is 0.0335. The summed E-state index contributed by atoms with van der Waals surface area (Å²) in [6, 6.07) is 1.64. The van der Waals surface area contributed by atoms with Gasteiger partial charge in [-0.3, -0.25) is 14.3 Å². The molecule has 3 aromatic rings. The lowest BCUT2D eigenvalue weighted by Gasteiger charge is -2.18. The predicted molar refractivity (Wildman–Crippen MR) is 90.7 cm³/mol. The summed E-state index contributed by atoms with van der Waals surface area (Å²) in [5, 5.41) is 3.09. The third-order valence-corrected chi connectivity index (χ3v) is 4.87. The fourth-order valence-corrected chi connectivity index (χ4v) is 3.66. The van der Waals surface area contributed by atoms with Gasteiger partial charge in [0.2, 0.25) is 0 Å². The first-order valence-corrected chi connectivity index (χ1v) is 8.82. The topological polar surface area (TPSA) is 68.8 Å². The minimum Gasteiger partial charge on any atom is -0.331 e.